The van der Waals surface area contributed by atoms with Crippen LogP contribution in [0.4, 0.5) is 0 Å². The van der Waals surface area contributed by atoms with Gasteiger partial charge in [-0.25, -0.2) is 4.79 Å². The molecule has 7 nitrogen and oxygen atoms in total. The summed E-state index contributed by atoms with van der Waals surface area (Å²) in [4.78, 5) is 37.1. The number of carbonyl (C=O) groups excluding carboxylic acids is 2. The summed E-state index contributed by atoms with van der Waals surface area (Å²) in [5, 5.41) is 10.7. The number of rotatable bonds is 6. The van der Waals surface area contributed by atoms with Crippen molar-refractivity contribution in [1.82, 2.24) is 4.90 Å². The molecule has 144 valence electrons. The van der Waals surface area contributed by atoms with Crippen molar-refractivity contribution in [3.63, 3.8) is 0 Å². The standard InChI is InChI=1S/C18H13NO6S3/c1-24-12-7-10(4-5-11(12)25-17(23)13-3-2-6-27-13)8-14-16(22)19(9-15(20)21)18(26)28-14/h2-8H,9H2,1H3,(H,20,21)/b14-8-. The van der Waals surface area contributed by atoms with E-state index >= 15 is 0 Å². The average Bonchev–Trinajstić information content (AvgIpc) is 3.28. The second-order valence-electron chi connectivity index (χ2n) is 5.44. The highest BCUT2D eigenvalue weighted by molar-refractivity contribution is 8.26. The van der Waals surface area contributed by atoms with Gasteiger partial charge in [-0.3, -0.25) is 14.5 Å². The van der Waals surface area contributed by atoms with E-state index in [-0.39, 0.29) is 10.1 Å². The first kappa shape index (κ1) is 20.1. The molecule has 1 aliphatic heterocycles. The molecule has 2 aromatic rings. The quantitative estimate of drug-likeness (QED) is 0.320. The van der Waals surface area contributed by atoms with Crippen LogP contribution in [0.25, 0.3) is 6.08 Å². The molecule has 28 heavy (non-hydrogen) atoms. The summed E-state index contributed by atoms with van der Waals surface area (Å²) in [7, 11) is 1.44. The third kappa shape index (κ3) is 4.41. The molecule has 0 spiro atoms. The Hall–Kier alpha value is -2.69. The van der Waals surface area contributed by atoms with Gasteiger partial charge in [-0.05, 0) is 35.2 Å². The van der Waals surface area contributed by atoms with Gasteiger partial charge < -0.3 is 14.6 Å². The van der Waals surface area contributed by atoms with Gasteiger partial charge in [0.2, 0.25) is 0 Å². The number of aliphatic carboxylic acids is 1. The number of hydrogen-bond donors (Lipinski definition) is 1. The van der Waals surface area contributed by atoms with Crippen LogP contribution < -0.4 is 9.47 Å². The third-order valence-electron chi connectivity index (χ3n) is 3.58. The lowest BCUT2D eigenvalue weighted by Crippen LogP contribution is -2.33. The molecule has 1 amide bonds. The molecule has 1 saturated heterocycles. The van der Waals surface area contributed by atoms with E-state index in [9.17, 15) is 14.4 Å². The molecule has 0 saturated carbocycles. The molecule has 10 heteroatoms. The zero-order valence-corrected chi connectivity index (χ0v) is 16.9. The van der Waals surface area contributed by atoms with Crippen molar-refractivity contribution in [2.24, 2.45) is 0 Å². The van der Waals surface area contributed by atoms with Crippen molar-refractivity contribution < 1.29 is 29.0 Å². The summed E-state index contributed by atoms with van der Waals surface area (Å²) < 4.78 is 10.8. The maximum Gasteiger partial charge on any atom is 0.353 e. The molecule has 1 aromatic carbocycles. The van der Waals surface area contributed by atoms with Gasteiger partial charge in [-0.15, -0.1) is 11.3 Å². The fourth-order valence-electron chi connectivity index (χ4n) is 2.33. The molecule has 1 N–H and O–H groups in total. The number of ether oxygens (including phenoxy) is 2. The zero-order valence-electron chi connectivity index (χ0n) is 14.4. The number of nitrogens with zero attached hydrogens (tertiary/aromatic N) is 1. The number of carboxylic acid groups (broad SMARTS) is 1. The zero-order chi connectivity index (χ0) is 20.3. The van der Waals surface area contributed by atoms with Crippen molar-refractivity contribution in [3.8, 4) is 11.5 Å². The van der Waals surface area contributed by atoms with Crippen molar-refractivity contribution >= 4 is 63.6 Å². The first-order chi connectivity index (χ1) is 13.4. The molecule has 1 aliphatic rings. The van der Waals surface area contributed by atoms with Gasteiger partial charge in [0.15, 0.2) is 11.5 Å². The highest BCUT2D eigenvalue weighted by Gasteiger charge is 2.33. The van der Waals surface area contributed by atoms with E-state index in [2.05, 4.69) is 0 Å². The smallest absolute Gasteiger partial charge is 0.353 e. The Labute approximate surface area is 173 Å². The van der Waals surface area contributed by atoms with Gasteiger partial charge in [-0.1, -0.05) is 36.1 Å². The second-order valence-corrected chi connectivity index (χ2v) is 8.06. The van der Waals surface area contributed by atoms with E-state index < -0.39 is 24.4 Å². The molecular weight excluding hydrogens is 422 g/mol. The molecule has 2 heterocycles. The number of thiocarbonyl (C=S) groups is 1. The van der Waals surface area contributed by atoms with Crippen LogP contribution in [0, 0.1) is 0 Å². The number of carbonyl (C=O) groups is 3. The first-order valence-electron chi connectivity index (χ1n) is 7.80. The normalized spacial score (nSPS) is 15.2. The lowest BCUT2D eigenvalue weighted by Gasteiger charge is -2.10. The van der Waals surface area contributed by atoms with E-state index in [1.165, 1.54) is 18.4 Å². The van der Waals surface area contributed by atoms with Crippen LogP contribution in [-0.4, -0.2) is 45.8 Å². The van der Waals surface area contributed by atoms with Crippen LogP contribution >= 0.6 is 35.3 Å². The first-order valence-corrected chi connectivity index (χ1v) is 9.90. The molecule has 0 unspecified atom stereocenters. The highest BCUT2D eigenvalue weighted by Crippen LogP contribution is 2.35. The Bertz CT molecular complexity index is 983. The van der Waals surface area contributed by atoms with E-state index in [0.717, 1.165) is 16.7 Å². The molecule has 1 fully saturated rings. The third-order valence-corrected chi connectivity index (χ3v) is 5.81. The van der Waals surface area contributed by atoms with Gasteiger partial charge >= 0.3 is 11.9 Å². The van der Waals surface area contributed by atoms with Gasteiger partial charge in [0.25, 0.3) is 5.91 Å². The van der Waals surface area contributed by atoms with Crippen LogP contribution in [0.5, 0.6) is 11.5 Å². The fourth-order valence-corrected chi connectivity index (χ4v) is 4.18. The Morgan fingerprint density at radius 1 is 1.29 bits per heavy atom. The van der Waals surface area contributed by atoms with Crippen LogP contribution in [0.1, 0.15) is 15.2 Å². The van der Waals surface area contributed by atoms with E-state index in [0.29, 0.717) is 21.1 Å². The number of benzene rings is 1. The largest absolute Gasteiger partial charge is 0.493 e. The summed E-state index contributed by atoms with van der Waals surface area (Å²) >= 11 is 7.36. The number of thioether (sulfide) groups is 1. The monoisotopic (exact) mass is 435 g/mol. The maximum absolute atomic E-state index is 12.3. The number of methoxy groups -OCH3 is 1. The predicted octanol–water partition coefficient (Wildman–Crippen LogP) is 3.26. The van der Waals surface area contributed by atoms with Crippen LogP contribution in [0.2, 0.25) is 0 Å². The number of thiophene rings is 1. The van der Waals surface area contributed by atoms with E-state index in [1.54, 1.807) is 41.8 Å². The molecule has 0 aliphatic carbocycles. The van der Waals surface area contributed by atoms with Crippen LogP contribution in [0.3, 0.4) is 0 Å². The van der Waals surface area contributed by atoms with Gasteiger partial charge in [0.1, 0.15) is 15.7 Å². The molecule has 0 bridgehead atoms. The summed E-state index contributed by atoms with van der Waals surface area (Å²) in [6.45, 7) is -0.483. The Morgan fingerprint density at radius 3 is 2.71 bits per heavy atom. The molecule has 0 atom stereocenters. The average molecular weight is 436 g/mol. The minimum Gasteiger partial charge on any atom is -0.493 e. The van der Waals surface area contributed by atoms with Gasteiger partial charge in [0, 0.05) is 0 Å². The predicted molar refractivity (Wildman–Crippen MR) is 110 cm³/mol. The topological polar surface area (TPSA) is 93.1 Å². The lowest BCUT2D eigenvalue weighted by atomic mass is 10.2. The van der Waals surface area contributed by atoms with Gasteiger partial charge in [0.05, 0.1) is 12.0 Å². The SMILES string of the molecule is COc1cc(/C=C2\SC(=S)N(CC(=O)O)C2=O)ccc1OC(=O)c1cccs1. The fraction of sp³-hybridized carbons (Fsp3) is 0.111. The van der Waals surface area contributed by atoms with Crippen molar-refractivity contribution in [2.75, 3.05) is 13.7 Å². The molecule has 0 radical (unpaired) electrons. The Balaban J connectivity index is 1.81. The maximum atomic E-state index is 12.3. The Kier molecular flexibility index (Phi) is 6.12. The number of amides is 1. The van der Waals surface area contributed by atoms with Gasteiger partial charge in [-0.2, -0.15) is 0 Å². The highest BCUT2D eigenvalue weighted by atomic mass is 32.2. The number of carboxylic acids is 1. The van der Waals surface area contributed by atoms with Crippen molar-refractivity contribution in [1.29, 1.82) is 0 Å². The van der Waals surface area contributed by atoms with E-state index in [4.69, 9.17) is 26.8 Å². The summed E-state index contributed by atoms with van der Waals surface area (Å²) in [6.07, 6.45) is 1.58. The van der Waals surface area contributed by atoms with Crippen molar-refractivity contribution in [3.05, 3.63) is 51.1 Å². The summed E-state index contributed by atoms with van der Waals surface area (Å²) in [5.41, 5.74) is 0.614. The van der Waals surface area contributed by atoms with Crippen LogP contribution in [-0.2, 0) is 9.59 Å². The van der Waals surface area contributed by atoms with Crippen molar-refractivity contribution in [2.45, 2.75) is 0 Å². The van der Waals surface area contributed by atoms with E-state index in [1.807, 2.05) is 0 Å². The molecular formula is C18H13NO6S3. The summed E-state index contributed by atoms with van der Waals surface area (Å²) in [6, 6.07) is 8.24. The number of hydrogen-bond acceptors (Lipinski definition) is 8. The summed E-state index contributed by atoms with van der Waals surface area (Å²) in [5.74, 6) is -1.53. The second kappa shape index (κ2) is 8.55. The number of esters is 1. The Morgan fingerprint density at radius 2 is 2.07 bits per heavy atom. The minimum atomic E-state index is -1.14. The molecule has 3 rings (SSSR count). The lowest BCUT2D eigenvalue weighted by molar-refractivity contribution is -0.140. The minimum absolute atomic E-state index is 0.187. The van der Waals surface area contributed by atoms with Crippen LogP contribution in [0.15, 0.2) is 40.6 Å². The molecule has 1 aromatic heterocycles.